The van der Waals surface area contributed by atoms with Crippen molar-refractivity contribution in [3.63, 3.8) is 0 Å². The van der Waals surface area contributed by atoms with Crippen molar-refractivity contribution in [2.24, 2.45) is 0 Å². The molecule has 0 spiro atoms. The van der Waals surface area contributed by atoms with E-state index >= 15 is 0 Å². The van der Waals surface area contributed by atoms with E-state index in [0.717, 1.165) is 0 Å². The monoisotopic (exact) mass is 273 g/mol. The Labute approximate surface area is 104 Å². The number of hydrogen-bond acceptors (Lipinski definition) is 4. The van der Waals surface area contributed by atoms with E-state index in [1.807, 2.05) is 0 Å². The van der Waals surface area contributed by atoms with Crippen LogP contribution in [0.5, 0.6) is 0 Å². The molecule has 0 atom stereocenters. The summed E-state index contributed by atoms with van der Waals surface area (Å²) in [5, 5.41) is 0. The minimum Gasteiger partial charge on any atom is -0.437 e. The van der Waals surface area contributed by atoms with Crippen molar-refractivity contribution >= 4 is 17.8 Å². The molecule has 0 unspecified atom stereocenters. The highest BCUT2D eigenvalue weighted by Crippen LogP contribution is 2.23. The van der Waals surface area contributed by atoms with Crippen LogP contribution in [0.2, 0.25) is 0 Å². The number of hydrogen-bond donors (Lipinski definition) is 0. The molecule has 2 rings (SSSR count). The van der Waals surface area contributed by atoms with Gasteiger partial charge in [0, 0.05) is 0 Å². The largest absolute Gasteiger partial charge is 0.490 e. The van der Waals surface area contributed by atoms with Gasteiger partial charge in [0.1, 0.15) is 0 Å². The Morgan fingerprint density at radius 3 is 2.00 bits per heavy atom. The van der Waals surface area contributed by atoms with Crippen molar-refractivity contribution in [2.45, 2.75) is 6.18 Å². The molecular weight excluding hydrogens is 267 g/mol. The maximum atomic E-state index is 11.9. The quantitative estimate of drug-likeness (QED) is 0.602. The van der Waals surface area contributed by atoms with Gasteiger partial charge < -0.3 is 4.74 Å². The summed E-state index contributed by atoms with van der Waals surface area (Å²) in [5.74, 6) is -4.05. The van der Waals surface area contributed by atoms with E-state index in [9.17, 15) is 27.6 Å². The van der Waals surface area contributed by atoms with Gasteiger partial charge in [-0.2, -0.15) is 13.2 Å². The summed E-state index contributed by atoms with van der Waals surface area (Å²) >= 11 is 0. The molecule has 1 aliphatic rings. The number of halogens is 3. The first kappa shape index (κ1) is 13.1. The molecule has 1 aromatic rings. The Hall–Kier alpha value is -2.38. The molecule has 0 aromatic heterocycles. The predicted molar refractivity (Wildman–Crippen MR) is 54.0 cm³/mol. The second-order valence-corrected chi connectivity index (χ2v) is 3.64. The number of rotatable bonds is 2. The third-order valence-corrected chi connectivity index (χ3v) is 2.43. The summed E-state index contributed by atoms with van der Waals surface area (Å²) in [4.78, 5) is 34.4. The summed E-state index contributed by atoms with van der Waals surface area (Å²) in [6.07, 6.45) is -5.17. The molecule has 5 nitrogen and oxygen atoms in total. The van der Waals surface area contributed by atoms with Gasteiger partial charge in [0.2, 0.25) is 0 Å². The Kier molecular flexibility index (Phi) is 3.01. The minimum absolute atomic E-state index is 0.0653. The summed E-state index contributed by atoms with van der Waals surface area (Å²) < 4.78 is 39.6. The lowest BCUT2D eigenvalue weighted by atomic mass is 10.1. The molecule has 0 aliphatic carbocycles. The van der Waals surface area contributed by atoms with Gasteiger partial charge in [-0.05, 0) is 12.1 Å². The molecule has 0 radical (unpaired) electrons. The summed E-state index contributed by atoms with van der Waals surface area (Å²) in [6, 6.07) is 5.74. The minimum atomic E-state index is -5.17. The molecule has 2 amide bonds. The summed E-state index contributed by atoms with van der Waals surface area (Å²) in [7, 11) is 0. The van der Waals surface area contributed by atoms with Crippen LogP contribution in [0.4, 0.5) is 13.2 Å². The van der Waals surface area contributed by atoms with Gasteiger partial charge in [0.15, 0.2) is 6.73 Å². The van der Waals surface area contributed by atoms with Gasteiger partial charge >= 0.3 is 12.1 Å². The van der Waals surface area contributed by atoms with Crippen molar-refractivity contribution in [3.8, 4) is 0 Å². The van der Waals surface area contributed by atoms with Crippen molar-refractivity contribution in [2.75, 3.05) is 6.73 Å². The van der Waals surface area contributed by atoms with Gasteiger partial charge in [-0.25, -0.2) is 9.69 Å². The summed E-state index contributed by atoms with van der Waals surface area (Å²) in [5.41, 5.74) is 0.131. The molecule has 0 saturated heterocycles. The van der Waals surface area contributed by atoms with Gasteiger partial charge in [-0.3, -0.25) is 9.59 Å². The molecule has 0 saturated carbocycles. The Balaban J connectivity index is 2.11. The van der Waals surface area contributed by atoms with E-state index in [4.69, 9.17) is 0 Å². The number of carbonyl (C=O) groups is 3. The van der Waals surface area contributed by atoms with Gasteiger partial charge in [-0.15, -0.1) is 0 Å². The highest BCUT2D eigenvalue weighted by atomic mass is 19.4. The first-order valence-electron chi connectivity index (χ1n) is 5.01. The normalized spacial score (nSPS) is 14.6. The Morgan fingerprint density at radius 2 is 1.58 bits per heavy atom. The lowest BCUT2D eigenvalue weighted by Gasteiger charge is -2.14. The molecule has 19 heavy (non-hydrogen) atoms. The number of ether oxygens (including phenoxy) is 1. The summed E-state index contributed by atoms with van der Waals surface area (Å²) in [6.45, 7) is -1.06. The first-order chi connectivity index (χ1) is 8.82. The van der Waals surface area contributed by atoms with E-state index in [1.165, 1.54) is 24.3 Å². The zero-order valence-corrected chi connectivity index (χ0v) is 9.23. The van der Waals surface area contributed by atoms with Gasteiger partial charge in [-0.1, -0.05) is 12.1 Å². The van der Waals surface area contributed by atoms with Crippen LogP contribution in [0.25, 0.3) is 0 Å². The molecule has 1 aromatic carbocycles. The van der Waals surface area contributed by atoms with Crippen LogP contribution in [0.15, 0.2) is 24.3 Å². The highest BCUT2D eigenvalue weighted by Gasteiger charge is 2.43. The molecule has 0 N–H and O–H groups in total. The lowest BCUT2D eigenvalue weighted by Crippen LogP contribution is -2.36. The predicted octanol–water partition coefficient (Wildman–Crippen LogP) is 1.35. The highest BCUT2D eigenvalue weighted by molar-refractivity contribution is 6.21. The smallest absolute Gasteiger partial charge is 0.437 e. The van der Waals surface area contributed by atoms with Crippen molar-refractivity contribution in [1.82, 2.24) is 4.90 Å². The zero-order valence-electron chi connectivity index (χ0n) is 9.23. The van der Waals surface area contributed by atoms with E-state index in [-0.39, 0.29) is 11.1 Å². The van der Waals surface area contributed by atoms with E-state index < -0.39 is 30.7 Å². The second-order valence-electron chi connectivity index (χ2n) is 3.64. The van der Waals surface area contributed by atoms with Gasteiger partial charge in [0.25, 0.3) is 11.8 Å². The van der Waals surface area contributed by atoms with E-state index in [0.29, 0.717) is 4.90 Å². The lowest BCUT2D eigenvalue weighted by molar-refractivity contribution is -0.202. The third-order valence-electron chi connectivity index (χ3n) is 2.43. The Morgan fingerprint density at radius 1 is 1.11 bits per heavy atom. The number of fused-ring (bicyclic) bond motifs is 1. The number of alkyl halides is 3. The third kappa shape index (κ3) is 2.28. The molecule has 1 heterocycles. The van der Waals surface area contributed by atoms with Crippen LogP contribution in [-0.4, -0.2) is 35.6 Å². The average Bonchev–Trinajstić information content (AvgIpc) is 2.59. The van der Waals surface area contributed by atoms with E-state index in [2.05, 4.69) is 4.74 Å². The molecule has 1 aliphatic heterocycles. The molecule has 0 bridgehead atoms. The number of carbonyl (C=O) groups excluding carboxylic acids is 3. The fraction of sp³-hybridized carbons (Fsp3) is 0.182. The fourth-order valence-electron chi connectivity index (χ4n) is 1.56. The number of nitrogens with zero attached hydrogens (tertiary/aromatic N) is 1. The maximum absolute atomic E-state index is 11.9. The number of esters is 1. The van der Waals surface area contributed by atoms with Crippen LogP contribution in [0.3, 0.4) is 0 Å². The Bertz CT molecular complexity index is 532. The molecule has 8 heteroatoms. The van der Waals surface area contributed by atoms with Gasteiger partial charge in [0.05, 0.1) is 11.1 Å². The van der Waals surface area contributed by atoms with Crippen LogP contribution in [0.1, 0.15) is 20.7 Å². The zero-order chi connectivity index (χ0) is 14.2. The fourth-order valence-corrected chi connectivity index (χ4v) is 1.56. The van der Waals surface area contributed by atoms with E-state index in [1.54, 1.807) is 0 Å². The van der Waals surface area contributed by atoms with Crippen LogP contribution < -0.4 is 0 Å². The maximum Gasteiger partial charge on any atom is 0.490 e. The number of imide groups is 1. The van der Waals surface area contributed by atoms with Crippen LogP contribution in [0, 0.1) is 0 Å². The van der Waals surface area contributed by atoms with Crippen molar-refractivity contribution in [3.05, 3.63) is 35.4 Å². The van der Waals surface area contributed by atoms with Crippen LogP contribution >= 0.6 is 0 Å². The second kappa shape index (κ2) is 4.38. The number of amides is 2. The van der Waals surface area contributed by atoms with Crippen LogP contribution in [-0.2, 0) is 9.53 Å². The molecular formula is C11H6F3NO4. The number of benzene rings is 1. The van der Waals surface area contributed by atoms with Crippen molar-refractivity contribution in [1.29, 1.82) is 0 Å². The standard InChI is InChI=1S/C11H6F3NO4/c12-11(13,14)10(18)19-5-15-8(16)6-3-1-2-4-7(6)9(15)17/h1-4H,5H2. The SMILES string of the molecule is O=C1c2ccccc2C(=O)N1COC(=O)C(F)(F)F. The molecule has 0 fully saturated rings. The first-order valence-corrected chi connectivity index (χ1v) is 5.01. The van der Waals surface area contributed by atoms with Crippen molar-refractivity contribution < 1.29 is 32.3 Å². The molecule has 100 valence electrons. The topological polar surface area (TPSA) is 63.7 Å². The average molecular weight is 273 g/mol.